The molecule has 1 aromatic heterocycles. The van der Waals surface area contributed by atoms with E-state index in [4.69, 9.17) is 4.74 Å². The van der Waals surface area contributed by atoms with Crippen LogP contribution in [-0.4, -0.2) is 23.5 Å². The van der Waals surface area contributed by atoms with E-state index in [1.807, 2.05) is 24.3 Å². The van der Waals surface area contributed by atoms with E-state index in [1.54, 1.807) is 7.11 Å². The Morgan fingerprint density at radius 1 is 1.17 bits per heavy atom. The fourth-order valence-electron chi connectivity index (χ4n) is 3.41. The highest BCUT2D eigenvalue weighted by Gasteiger charge is 2.21. The number of methoxy groups -OCH3 is 1. The van der Waals surface area contributed by atoms with Gasteiger partial charge in [0.1, 0.15) is 5.75 Å². The highest BCUT2D eigenvalue weighted by Crippen LogP contribution is 2.22. The van der Waals surface area contributed by atoms with Crippen molar-refractivity contribution in [2.24, 2.45) is 0 Å². The van der Waals surface area contributed by atoms with Crippen LogP contribution < -0.4 is 10.2 Å². The van der Waals surface area contributed by atoms with Crippen molar-refractivity contribution < 1.29 is 4.74 Å². The van der Waals surface area contributed by atoms with E-state index in [9.17, 15) is 4.79 Å². The predicted molar refractivity (Wildman–Crippen MR) is 95.4 cm³/mol. The summed E-state index contributed by atoms with van der Waals surface area (Å²) in [7, 11) is 1.62. The number of H-pyrrole nitrogens is 1. The number of aromatic nitrogens is 1. The number of aromatic amines is 1. The Labute approximate surface area is 140 Å². The molecule has 122 valence electrons. The second-order valence-electron chi connectivity index (χ2n) is 6.27. The summed E-state index contributed by atoms with van der Waals surface area (Å²) < 4.78 is 5.26. The lowest BCUT2D eigenvalue weighted by atomic mass is 10.0. The molecule has 0 aliphatic carbocycles. The number of benzene rings is 2. The lowest BCUT2D eigenvalue weighted by Crippen LogP contribution is -2.34. The summed E-state index contributed by atoms with van der Waals surface area (Å²) in [5.41, 5.74) is 4.24. The molecule has 0 bridgehead atoms. The molecule has 1 aliphatic heterocycles. The SMILES string of the molecule is COc1ccc2[nH]c3c(c(=O)c2c1)CN(Cc1ccccc1)CC3. The Hall–Kier alpha value is -2.59. The average Bonchev–Trinajstić information content (AvgIpc) is 2.63. The number of rotatable bonds is 3. The van der Waals surface area contributed by atoms with Crippen LogP contribution in [0.25, 0.3) is 10.9 Å². The number of nitrogens with zero attached hydrogens (tertiary/aromatic N) is 1. The molecule has 4 nitrogen and oxygen atoms in total. The molecule has 4 heteroatoms. The molecule has 24 heavy (non-hydrogen) atoms. The van der Waals surface area contributed by atoms with Gasteiger partial charge in [-0.1, -0.05) is 30.3 Å². The van der Waals surface area contributed by atoms with Crippen LogP contribution in [0.3, 0.4) is 0 Å². The molecule has 0 fully saturated rings. The molecule has 2 heterocycles. The summed E-state index contributed by atoms with van der Waals surface area (Å²) in [6.45, 7) is 2.52. The van der Waals surface area contributed by atoms with E-state index >= 15 is 0 Å². The number of hydrogen-bond acceptors (Lipinski definition) is 3. The number of fused-ring (bicyclic) bond motifs is 2. The maximum absolute atomic E-state index is 12.9. The van der Waals surface area contributed by atoms with Crippen LogP contribution >= 0.6 is 0 Å². The molecule has 0 amide bonds. The minimum atomic E-state index is 0.121. The lowest BCUT2D eigenvalue weighted by molar-refractivity contribution is 0.243. The normalized spacial score (nSPS) is 14.5. The Balaban J connectivity index is 1.69. The smallest absolute Gasteiger partial charge is 0.194 e. The van der Waals surface area contributed by atoms with Gasteiger partial charge in [-0.3, -0.25) is 9.69 Å². The average molecular weight is 320 g/mol. The molecule has 3 aromatic rings. The van der Waals surface area contributed by atoms with Crippen LogP contribution in [0.4, 0.5) is 0 Å². The first kappa shape index (κ1) is 15.0. The largest absolute Gasteiger partial charge is 0.497 e. The van der Waals surface area contributed by atoms with Crippen molar-refractivity contribution in [1.29, 1.82) is 0 Å². The third-order valence-electron chi connectivity index (χ3n) is 4.70. The first-order valence-corrected chi connectivity index (χ1v) is 8.22. The van der Waals surface area contributed by atoms with Gasteiger partial charge in [-0.2, -0.15) is 0 Å². The van der Waals surface area contributed by atoms with Crippen LogP contribution in [0, 0.1) is 0 Å². The van der Waals surface area contributed by atoms with Crippen molar-refractivity contribution in [3.63, 3.8) is 0 Å². The van der Waals surface area contributed by atoms with Gasteiger partial charge in [0.05, 0.1) is 7.11 Å². The van der Waals surface area contributed by atoms with Crippen LogP contribution in [-0.2, 0) is 19.5 Å². The van der Waals surface area contributed by atoms with Crippen molar-refractivity contribution in [3.05, 3.63) is 75.6 Å². The molecule has 0 radical (unpaired) electrons. The van der Waals surface area contributed by atoms with Gasteiger partial charge in [-0.25, -0.2) is 0 Å². The molecule has 0 atom stereocenters. The minimum absolute atomic E-state index is 0.121. The Bertz CT molecular complexity index is 932. The van der Waals surface area contributed by atoms with E-state index in [2.05, 4.69) is 34.1 Å². The third-order valence-corrected chi connectivity index (χ3v) is 4.70. The van der Waals surface area contributed by atoms with Crippen LogP contribution in [0.1, 0.15) is 16.8 Å². The topological polar surface area (TPSA) is 45.3 Å². The monoisotopic (exact) mass is 320 g/mol. The number of hydrogen-bond donors (Lipinski definition) is 1. The standard InChI is InChI=1S/C20H20N2O2/c1-24-15-7-8-18-16(11-15)20(23)17-13-22(10-9-19(17)21-18)12-14-5-3-2-4-6-14/h2-8,11H,9-10,12-13H2,1H3,(H,21,23). The van der Waals surface area contributed by atoms with Gasteiger partial charge in [0.2, 0.25) is 0 Å². The van der Waals surface area contributed by atoms with Crippen molar-refractivity contribution >= 4 is 10.9 Å². The van der Waals surface area contributed by atoms with E-state index in [1.165, 1.54) is 5.56 Å². The fourth-order valence-corrected chi connectivity index (χ4v) is 3.41. The molecule has 0 saturated heterocycles. The Kier molecular flexibility index (Phi) is 3.82. The maximum Gasteiger partial charge on any atom is 0.194 e. The molecule has 1 N–H and O–H groups in total. The highest BCUT2D eigenvalue weighted by molar-refractivity contribution is 5.81. The molecular formula is C20H20N2O2. The Morgan fingerprint density at radius 3 is 2.79 bits per heavy atom. The fraction of sp³-hybridized carbons (Fsp3) is 0.250. The van der Waals surface area contributed by atoms with Crippen molar-refractivity contribution in [1.82, 2.24) is 9.88 Å². The second-order valence-corrected chi connectivity index (χ2v) is 6.27. The third kappa shape index (κ3) is 2.69. The predicted octanol–water partition coefficient (Wildman–Crippen LogP) is 3.10. The van der Waals surface area contributed by atoms with Crippen molar-refractivity contribution in [2.75, 3.05) is 13.7 Å². The molecule has 0 unspecified atom stereocenters. The zero-order chi connectivity index (χ0) is 16.5. The summed E-state index contributed by atoms with van der Waals surface area (Å²) >= 11 is 0. The maximum atomic E-state index is 12.9. The zero-order valence-electron chi connectivity index (χ0n) is 13.7. The number of ether oxygens (including phenoxy) is 1. The first-order valence-electron chi connectivity index (χ1n) is 8.22. The minimum Gasteiger partial charge on any atom is -0.497 e. The van der Waals surface area contributed by atoms with Crippen LogP contribution in [0.5, 0.6) is 5.75 Å². The molecular weight excluding hydrogens is 300 g/mol. The van der Waals surface area contributed by atoms with Crippen molar-refractivity contribution in [3.8, 4) is 5.75 Å². The van der Waals surface area contributed by atoms with Gasteiger partial charge in [0, 0.05) is 48.2 Å². The van der Waals surface area contributed by atoms with Gasteiger partial charge in [0.25, 0.3) is 0 Å². The quantitative estimate of drug-likeness (QED) is 0.806. The first-order chi connectivity index (χ1) is 11.7. The Morgan fingerprint density at radius 2 is 2.00 bits per heavy atom. The van der Waals surface area contributed by atoms with E-state index < -0.39 is 0 Å². The molecule has 2 aromatic carbocycles. The summed E-state index contributed by atoms with van der Waals surface area (Å²) in [5, 5.41) is 0.703. The molecule has 1 aliphatic rings. The van der Waals surface area contributed by atoms with E-state index in [0.29, 0.717) is 17.7 Å². The summed E-state index contributed by atoms with van der Waals surface area (Å²) in [6, 6.07) is 16.0. The van der Waals surface area contributed by atoms with Gasteiger partial charge in [0.15, 0.2) is 5.43 Å². The molecule has 0 saturated carbocycles. The highest BCUT2D eigenvalue weighted by atomic mass is 16.5. The van der Waals surface area contributed by atoms with Crippen LogP contribution in [0.2, 0.25) is 0 Å². The number of pyridine rings is 1. The van der Waals surface area contributed by atoms with E-state index in [0.717, 1.165) is 36.3 Å². The summed E-state index contributed by atoms with van der Waals surface area (Å²) in [6.07, 6.45) is 0.874. The van der Waals surface area contributed by atoms with Crippen LogP contribution in [0.15, 0.2) is 53.3 Å². The summed E-state index contributed by atoms with van der Waals surface area (Å²) in [4.78, 5) is 18.7. The van der Waals surface area contributed by atoms with Gasteiger partial charge in [-0.15, -0.1) is 0 Å². The summed E-state index contributed by atoms with van der Waals surface area (Å²) in [5.74, 6) is 0.713. The van der Waals surface area contributed by atoms with Gasteiger partial charge in [-0.05, 0) is 23.8 Å². The zero-order valence-corrected chi connectivity index (χ0v) is 13.7. The lowest BCUT2D eigenvalue weighted by Gasteiger charge is -2.28. The number of nitrogens with one attached hydrogen (secondary N) is 1. The van der Waals surface area contributed by atoms with Gasteiger partial charge >= 0.3 is 0 Å². The van der Waals surface area contributed by atoms with Crippen molar-refractivity contribution in [2.45, 2.75) is 19.5 Å². The molecule has 0 spiro atoms. The van der Waals surface area contributed by atoms with E-state index in [-0.39, 0.29) is 5.43 Å². The second kappa shape index (κ2) is 6.13. The molecule has 4 rings (SSSR count). The van der Waals surface area contributed by atoms with Gasteiger partial charge < -0.3 is 9.72 Å².